The summed E-state index contributed by atoms with van der Waals surface area (Å²) in [7, 11) is 0. The van der Waals surface area contributed by atoms with Crippen LogP contribution in [0.2, 0.25) is 0 Å². The lowest BCUT2D eigenvalue weighted by molar-refractivity contribution is 0.657. The number of benzene rings is 1. The normalized spacial score (nSPS) is 11.1. The molecule has 0 spiro atoms. The molecule has 0 bridgehead atoms. The number of nitrogens with one attached hydrogen (secondary N) is 1. The molecule has 4 nitrogen and oxygen atoms in total. The first-order chi connectivity index (χ1) is 9.88. The number of pyridine rings is 1. The van der Waals surface area contributed by atoms with Crippen LogP contribution in [0.4, 0.5) is 0 Å². The lowest BCUT2D eigenvalue weighted by Gasteiger charge is -2.06. The van der Waals surface area contributed by atoms with Gasteiger partial charge < -0.3 is 5.32 Å². The first kappa shape index (κ1) is 12.8. The molecule has 2 aromatic heterocycles. The smallest absolute Gasteiger partial charge is 0.0766 e. The number of hydrogen-bond donors (Lipinski definition) is 1. The minimum Gasteiger partial charge on any atom is -0.311 e. The van der Waals surface area contributed by atoms with Gasteiger partial charge in [-0.25, -0.2) is 4.68 Å². The summed E-state index contributed by atoms with van der Waals surface area (Å²) in [6, 6.07) is 10.3. The zero-order chi connectivity index (χ0) is 13.8. The summed E-state index contributed by atoms with van der Waals surface area (Å²) in [5, 5.41) is 10.3. The Kier molecular flexibility index (Phi) is 3.74. The Balaban J connectivity index is 1.91. The summed E-state index contributed by atoms with van der Waals surface area (Å²) in [5.74, 6) is 0. The van der Waals surface area contributed by atoms with Gasteiger partial charge in [-0.1, -0.05) is 19.1 Å². The van der Waals surface area contributed by atoms with E-state index in [-0.39, 0.29) is 0 Å². The van der Waals surface area contributed by atoms with Crippen LogP contribution in [0.3, 0.4) is 0 Å². The number of aromatic nitrogens is 3. The lowest BCUT2D eigenvalue weighted by atomic mass is 10.1. The molecule has 0 aliphatic carbocycles. The molecule has 0 fully saturated rings. The van der Waals surface area contributed by atoms with Crippen LogP contribution in [0.5, 0.6) is 0 Å². The van der Waals surface area contributed by atoms with Gasteiger partial charge in [0.2, 0.25) is 0 Å². The Morgan fingerprint density at radius 1 is 1.20 bits per heavy atom. The Hall–Kier alpha value is -2.20. The van der Waals surface area contributed by atoms with Gasteiger partial charge in [0.05, 0.1) is 11.4 Å². The standard InChI is InChI=1S/C16H18N4/c1-2-8-17-11-14-7-10-20(19-14)16-5-3-4-13-6-9-18-12-15(13)16/h3-7,9-10,12,17H,2,8,11H2,1H3. The molecule has 20 heavy (non-hydrogen) atoms. The Bertz CT molecular complexity index is 697. The van der Waals surface area contributed by atoms with Crippen LogP contribution in [0, 0.1) is 0 Å². The van der Waals surface area contributed by atoms with E-state index in [2.05, 4.69) is 40.5 Å². The Morgan fingerprint density at radius 2 is 2.15 bits per heavy atom. The van der Waals surface area contributed by atoms with Crippen molar-refractivity contribution in [3.8, 4) is 5.69 Å². The second-order valence-electron chi connectivity index (χ2n) is 4.80. The average Bonchev–Trinajstić information content (AvgIpc) is 2.96. The molecule has 1 N–H and O–H groups in total. The van der Waals surface area contributed by atoms with Crippen molar-refractivity contribution < 1.29 is 0 Å². The van der Waals surface area contributed by atoms with Gasteiger partial charge in [0.15, 0.2) is 0 Å². The molecule has 102 valence electrons. The van der Waals surface area contributed by atoms with Crippen LogP contribution in [-0.4, -0.2) is 21.3 Å². The average molecular weight is 266 g/mol. The summed E-state index contributed by atoms with van der Waals surface area (Å²) in [6.07, 6.45) is 6.84. The highest BCUT2D eigenvalue weighted by molar-refractivity contribution is 5.89. The maximum Gasteiger partial charge on any atom is 0.0766 e. The minimum absolute atomic E-state index is 0.809. The molecule has 0 unspecified atom stereocenters. The van der Waals surface area contributed by atoms with Crippen molar-refractivity contribution in [3.63, 3.8) is 0 Å². The zero-order valence-electron chi connectivity index (χ0n) is 11.6. The zero-order valence-corrected chi connectivity index (χ0v) is 11.6. The van der Waals surface area contributed by atoms with Crippen LogP contribution < -0.4 is 5.32 Å². The van der Waals surface area contributed by atoms with E-state index in [9.17, 15) is 0 Å². The van der Waals surface area contributed by atoms with Gasteiger partial charge in [0.25, 0.3) is 0 Å². The molecule has 0 radical (unpaired) electrons. The number of fused-ring (bicyclic) bond motifs is 1. The van der Waals surface area contributed by atoms with Gasteiger partial charge in [-0.3, -0.25) is 4.98 Å². The second-order valence-corrected chi connectivity index (χ2v) is 4.80. The van der Waals surface area contributed by atoms with E-state index in [0.717, 1.165) is 36.3 Å². The van der Waals surface area contributed by atoms with Gasteiger partial charge in [-0.05, 0) is 36.6 Å². The molecule has 0 amide bonds. The van der Waals surface area contributed by atoms with Crippen LogP contribution in [-0.2, 0) is 6.54 Å². The molecule has 3 rings (SSSR count). The van der Waals surface area contributed by atoms with E-state index >= 15 is 0 Å². The van der Waals surface area contributed by atoms with E-state index < -0.39 is 0 Å². The van der Waals surface area contributed by atoms with Crippen molar-refractivity contribution in [2.45, 2.75) is 19.9 Å². The number of hydrogen-bond acceptors (Lipinski definition) is 3. The van der Waals surface area contributed by atoms with E-state index in [1.807, 2.05) is 35.4 Å². The van der Waals surface area contributed by atoms with E-state index in [0.29, 0.717) is 0 Å². The summed E-state index contributed by atoms with van der Waals surface area (Å²) < 4.78 is 1.92. The summed E-state index contributed by atoms with van der Waals surface area (Å²) >= 11 is 0. The molecule has 3 aromatic rings. The highest BCUT2D eigenvalue weighted by atomic mass is 15.3. The highest BCUT2D eigenvalue weighted by Crippen LogP contribution is 2.20. The molecular weight excluding hydrogens is 248 g/mol. The van der Waals surface area contributed by atoms with E-state index in [4.69, 9.17) is 0 Å². The van der Waals surface area contributed by atoms with E-state index in [1.165, 1.54) is 5.39 Å². The number of nitrogens with zero attached hydrogens (tertiary/aromatic N) is 3. The maximum absolute atomic E-state index is 4.63. The predicted octanol–water partition coefficient (Wildman–Crippen LogP) is 2.92. The molecule has 1 aromatic carbocycles. The van der Waals surface area contributed by atoms with Crippen molar-refractivity contribution in [3.05, 3.63) is 54.6 Å². The molecule has 0 aliphatic rings. The molecular formula is C16H18N4. The van der Waals surface area contributed by atoms with Crippen LogP contribution in [0.25, 0.3) is 16.5 Å². The van der Waals surface area contributed by atoms with Gasteiger partial charge in [0, 0.05) is 30.5 Å². The van der Waals surface area contributed by atoms with Gasteiger partial charge in [-0.15, -0.1) is 0 Å². The minimum atomic E-state index is 0.809. The van der Waals surface area contributed by atoms with E-state index in [1.54, 1.807) is 0 Å². The fraction of sp³-hybridized carbons (Fsp3) is 0.250. The van der Waals surface area contributed by atoms with Gasteiger partial charge in [-0.2, -0.15) is 5.10 Å². The Morgan fingerprint density at radius 3 is 3.05 bits per heavy atom. The van der Waals surface area contributed by atoms with Crippen LogP contribution in [0.15, 0.2) is 48.9 Å². The highest BCUT2D eigenvalue weighted by Gasteiger charge is 2.05. The molecule has 0 saturated carbocycles. The fourth-order valence-electron chi connectivity index (χ4n) is 2.28. The molecule has 0 saturated heterocycles. The summed E-state index contributed by atoms with van der Waals surface area (Å²) in [5.41, 5.74) is 2.12. The number of rotatable bonds is 5. The summed E-state index contributed by atoms with van der Waals surface area (Å²) in [6.45, 7) is 3.99. The van der Waals surface area contributed by atoms with Gasteiger partial charge >= 0.3 is 0 Å². The van der Waals surface area contributed by atoms with Crippen LogP contribution >= 0.6 is 0 Å². The third kappa shape index (κ3) is 2.56. The quantitative estimate of drug-likeness (QED) is 0.722. The largest absolute Gasteiger partial charge is 0.311 e. The first-order valence-electron chi connectivity index (χ1n) is 6.97. The first-order valence-corrected chi connectivity index (χ1v) is 6.97. The third-order valence-electron chi connectivity index (χ3n) is 3.28. The molecule has 4 heteroatoms. The van der Waals surface area contributed by atoms with Gasteiger partial charge in [0.1, 0.15) is 0 Å². The molecule has 2 heterocycles. The van der Waals surface area contributed by atoms with Crippen molar-refractivity contribution in [2.24, 2.45) is 0 Å². The lowest BCUT2D eigenvalue weighted by Crippen LogP contribution is -2.14. The molecule has 0 aliphatic heterocycles. The molecule has 0 atom stereocenters. The predicted molar refractivity (Wildman–Crippen MR) is 80.9 cm³/mol. The topological polar surface area (TPSA) is 42.7 Å². The fourth-order valence-corrected chi connectivity index (χ4v) is 2.28. The second kappa shape index (κ2) is 5.84. The Labute approximate surface area is 118 Å². The third-order valence-corrected chi connectivity index (χ3v) is 3.28. The van der Waals surface area contributed by atoms with Crippen molar-refractivity contribution in [1.82, 2.24) is 20.1 Å². The van der Waals surface area contributed by atoms with Crippen molar-refractivity contribution >= 4 is 10.8 Å². The van der Waals surface area contributed by atoms with Crippen molar-refractivity contribution in [2.75, 3.05) is 6.54 Å². The maximum atomic E-state index is 4.63. The van der Waals surface area contributed by atoms with Crippen LogP contribution in [0.1, 0.15) is 19.0 Å². The van der Waals surface area contributed by atoms with Crippen molar-refractivity contribution in [1.29, 1.82) is 0 Å². The SMILES string of the molecule is CCCNCc1ccn(-c2cccc3ccncc23)n1. The monoisotopic (exact) mass is 266 g/mol. The summed E-state index contributed by atoms with van der Waals surface area (Å²) in [4.78, 5) is 4.21.